The topological polar surface area (TPSA) is 59.1 Å². The minimum Gasteiger partial charge on any atom is -0.261 e. The Balaban J connectivity index is 1.91. The van der Waals surface area contributed by atoms with Crippen molar-refractivity contribution in [3.05, 3.63) is 58.3 Å². The van der Waals surface area contributed by atoms with Crippen LogP contribution in [-0.4, -0.2) is 19.9 Å². The van der Waals surface area contributed by atoms with Gasteiger partial charge in [0.15, 0.2) is 0 Å². The Morgan fingerprint density at radius 1 is 1.10 bits per heavy atom. The summed E-state index contributed by atoms with van der Waals surface area (Å²) in [6.45, 7) is 0.332. The molecule has 0 fully saturated rings. The van der Waals surface area contributed by atoms with Crippen LogP contribution in [0.5, 0.6) is 0 Å². The molecule has 0 spiro atoms. The molecule has 2 rings (SSSR count). The first kappa shape index (κ1) is 16.2. The Morgan fingerprint density at radius 2 is 1.90 bits per heavy atom. The molecule has 1 N–H and O–H groups in total. The molecule has 0 saturated carbocycles. The van der Waals surface area contributed by atoms with Crippen LogP contribution in [0.2, 0.25) is 10.0 Å². The smallest absolute Gasteiger partial charge is 0.240 e. The van der Waals surface area contributed by atoms with Gasteiger partial charge in [-0.15, -0.1) is 0 Å². The number of nitrogens with zero attached hydrogens (tertiary/aromatic N) is 1. The van der Waals surface area contributed by atoms with Crippen LogP contribution < -0.4 is 4.72 Å². The Morgan fingerprint density at radius 3 is 2.57 bits per heavy atom. The van der Waals surface area contributed by atoms with Gasteiger partial charge < -0.3 is 0 Å². The third kappa shape index (κ3) is 4.68. The van der Waals surface area contributed by atoms with E-state index in [0.29, 0.717) is 24.4 Å². The summed E-state index contributed by atoms with van der Waals surface area (Å²) in [6, 6.07) is 9.89. The van der Waals surface area contributed by atoms with Crippen molar-refractivity contribution in [2.45, 2.75) is 17.7 Å². The molecule has 0 aliphatic carbocycles. The van der Waals surface area contributed by atoms with Crippen molar-refractivity contribution in [3.8, 4) is 0 Å². The van der Waals surface area contributed by atoms with E-state index >= 15 is 0 Å². The fourth-order valence-electron chi connectivity index (χ4n) is 1.75. The van der Waals surface area contributed by atoms with E-state index in [0.717, 1.165) is 5.69 Å². The second kappa shape index (κ2) is 7.22. The number of benzene rings is 1. The van der Waals surface area contributed by atoms with Crippen LogP contribution in [0.1, 0.15) is 12.1 Å². The second-order valence-electron chi connectivity index (χ2n) is 4.40. The summed E-state index contributed by atoms with van der Waals surface area (Å²) < 4.78 is 26.7. The Bertz CT molecular complexity index is 706. The molecule has 0 amide bonds. The number of nitrogens with one attached hydrogen (secondary N) is 1. The highest BCUT2D eigenvalue weighted by atomic mass is 35.5. The molecule has 0 saturated heterocycles. The third-order valence-corrected chi connectivity index (χ3v) is 5.03. The van der Waals surface area contributed by atoms with Crippen LogP contribution in [0.15, 0.2) is 47.5 Å². The van der Waals surface area contributed by atoms with Gasteiger partial charge in [-0.3, -0.25) is 4.98 Å². The highest BCUT2D eigenvalue weighted by Gasteiger charge is 2.14. The average molecular weight is 345 g/mol. The van der Waals surface area contributed by atoms with E-state index in [-0.39, 0.29) is 9.92 Å². The van der Waals surface area contributed by atoms with E-state index in [1.165, 1.54) is 18.2 Å². The van der Waals surface area contributed by atoms with Gasteiger partial charge in [-0.2, -0.15) is 0 Å². The summed E-state index contributed by atoms with van der Waals surface area (Å²) in [5, 5.41) is 0.541. The van der Waals surface area contributed by atoms with Crippen LogP contribution in [0.25, 0.3) is 0 Å². The number of pyridine rings is 1. The lowest BCUT2D eigenvalue weighted by Crippen LogP contribution is -2.25. The monoisotopic (exact) mass is 344 g/mol. The molecule has 0 aliphatic heterocycles. The zero-order chi connectivity index (χ0) is 15.3. The molecule has 21 heavy (non-hydrogen) atoms. The van der Waals surface area contributed by atoms with Gasteiger partial charge in [0.2, 0.25) is 10.0 Å². The van der Waals surface area contributed by atoms with Gasteiger partial charge >= 0.3 is 0 Å². The van der Waals surface area contributed by atoms with Crippen molar-refractivity contribution in [1.29, 1.82) is 0 Å². The molecule has 0 unspecified atom stereocenters. The van der Waals surface area contributed by atoms with Gasteiger partial charge in [0.05, 0.1) is 14.9 Å². The summed E-state index contributed by atoms with van der Waals surface area (Å²) in [4.78, 5) is 4.29. The van der Waals surface area contributed by atoms with Crippen LogP contribution >= 0.6 is 23.2 Å². The molecule has 112 valence electrons. The number of aromatic nitrogens is 1. The first-order valence-electron chi connectivity index (χ1n) is 6.34. The van der Waals surface area contributed by atoms with E-state index in [9.17, 15) is 8.42 Å². The Hall–Kier alpha value is -1.14. The molecule has 7 heteroatoms. The predicted molar refractivity (Wildman–Crippen MR) is 84.2 cm³/mol. The number of sulfonamides is 1. The van der Waals surface area contributed by atoms with E-state index in [4.69, 9.17) is 23.2 Å². The van der Waals surface area contributed by atoms with Gasteiger partial charge in [-0.05, 0) is 43.2 Å². The fraction of sp³-hybridized carbons (Fsp3) is 0.214. The summed E-state index contributed by atoms with van der Waals surface area (Å²) in [7, 11) is -3.57. The molecule has 2 aromatic rings. The lowest BCUT2D eigenvalue weighted by Gasteiger charge is -2.07. The van der Waals surface area contributed by atoms with Crippen molar-refractivity contribution >= 4 is 33.2 Å². The molecule has 1 aromatic carbocycles. The minimum absolute atomic E-state index is 0.106. The van der Waals surface area contributed by atoms with Crippen LogP contribution in [0.3, 0.4) is 0 Å². The summed E-state index contributed by atoms with van der Waals surface area (Å²) >= 11 is 11.6. The molecule has 1 aromatic heterocycles. The number of hydrogen-bond acceptors (Lipinski definition) is 3. The molecule has 0 radical (unpaired) electrons. The minimum atomic E-state index is -3.57. The van der Waals surface area contributed by atoms with Gasteiger partial charge in [0.1, 0.15) is 0 Å². The number of rotatable bonds is 6. The van der Waals surface area contributed by atoms with Crippen molar-refractivity contribution in [3.63, 3.8) is 0 Å². The van der Waals surface area contributed by atoms with Gasteiger partial charge in [0, 0.05) is 18.4 Å². The molecule has 0 aliphatic rings. The first-order chi connectivity index (χ1) is 9.99. The van der Waals surface area contributed by atoms with Gasteiger partial charge in [-0.1, -0.05) is 29.3 Å². The number of hydrogen-bond donors (Lipinski definition) is 1. The van der Waals surface area contributed by atoms with Gasteiger partial charge in [0.25, 0.3) is 0 Å². The Labute approximate surface area is 134 Å². The maximum atomic E-state index is 12.1. The summed E-state index contributed by atoms with van der Waals surface area (Å²) in [5.74, 6) is 0. The third-order valence-electron chi connectivity index (χ3n) is 2.83. The normalized spacial score (nSPS) is 11.5. The van der Waals surface area contributed by atoms with E-state index < -0.39 is 10.0 Å². The zero-order valence-corrected chi connectivity index (χ0v) is 13.4. The highest BCUT2D eigenvalue weighted by molar-refractivity contribution is 7.89. The standard InChI is InChI=1S/C14H14Cl2N2O2S/c15-13-7-6-12(10-14(13)16)21(19,20)18-9-3-5-11-4-1-2-8-17-11/h1-2,4,6-8,10,18H,3,5,9H2. The Kier molecular flexibility index (Phi) is 5.58. The summed E-state index contributed by atoms with van der Waals surface area (Å²) in [5.41, 5.74) is 0.936. The maximum Gasteiger partial charge on any atom is 0.240 e. The van der Waals surface area contributed by atoms with Crippen molar-refractivity contribution in [2.75, 3.05) is 6.54 Å². The number of halogens is 2. The van der Waals surface area contributed by atoms with E-state index in [1.54, 1.807) is 6.20 Å². The second-order valence-corrected chi connectivity index (χ2v) is 6.98. The molecule has 0 bridgehead atoms. The van der Waals surface area contributed by atoms with Crippen LogP contribution in [0, 0.1) is 0 Å². The predicted octanol–water partition coefficient (Wildman–Crippen LogP) is 3.30. The number of aryl methyl sites for hydroxylation is 1. The molecular weight excluding hydrogens is 331 g/mol. The van der Waals surface area contributed by atoms with Crippen LogP contribution in [0.4, 0.5) is 0 Å². The molecule has 1 heterocycles. The van der Waals surface area contributed by atoms with Crippen LogP contribution in [-0.2, 0) is 16.4 Å². The first-order valence-corrected chi connectivity index (χ1v) is 8.57. The SMILES string of the molecule is O=S(=O)(NCCCc1ccccn1)c1ccc(Cl)c(Cl)c1. The lowest BCUT2D eigenvalue weighted by molar-refractivity contribution is 0.578. The quantitative estimate of drug-likeness (QED) is 0.818. The zero-order valence-electron chi connectivity index (χ0n) is 11.1. The van der Waals surface area contributed by atoms with E-state index in [2.05, 4.69) is 9.71 Å². The maximum absolute atomic E-state index is 12.1. The highest BCUT2D eigenvalue weighted by Crippen LogP contribution is 2.24. The molecule has 0 atom stereocenters. The lowest BCUT2D eigenvalue weighted by atomic mass is 10.2. The van der Waals surface area contributed by atoms with Crippen molar-refractivity contribution in [1.82, 2.24) is 9.71 Å². The van der Waals surface area contributed by atoms with Gasteiger partial charge in [-0.25, -0.2) is 13.1 Å². The van der Waals surface area contributed by atoms with E-state index in [1.807, 2.05) is 18.2 Å². The largest absolute Gasteiger partial charge is 0.261 e. The molecule has 4 nitrogen and oxygen atoms in total. The average Bonchev–Trinajstić information content (AvgIpc) is 2.47. The molecular formula is C14H14Cl2N2O2S. The van der Waals surface area contributed by atoms with Crippen molar-refractivity contribution in [2.24, 2.45) is 0 Å². The van der Waals surface area contributed by atoms with Crippen molar-refractivity contribution < 1.29 is 8.42 Å². The summed E-state index contributed by atoms with van der Waals surface area (Å²) in [6.07, 6.45) is 3.09. The fourth-order valence-corrected chi connectivity index (χ4v) is 3.21.